The number of methoxy groups -OCH3 is 1. The van der Waals surface area contributed by atoms with E-state index in [9.17, 15) is 0 Å². The molecule has 0 bridgehead atoms. The van der Waals surface area contributed by atoms with Crippen LogP contribution < -0.4 is 5.32 Å². The molecule has 1 saturated heterocycles. The number of nitrogens with one attached hydrogen (secondary N) is 1. The largest absolute Gasteiger partial charge is 0.383 e. The van der Waals surface area contributed by atoms with E-state index in [0.29, 0.717) is 11.5 Å². The second-order valence-electron chi connectivity index (χ2n) is 4.77. The molecule has 4 heteroatoms. The zero-order chi connectivity index (χ0) is 10.9. The van der Waals surface area contributed by atoms with Crippen LogP contribution in [0.25, 0.3) is 0 Å². The highest BCUT2D eigenvalue weighted by molar-refractivity contribution is 5.10. The summed E-state index contributed by atoms with van der Waals surface area (Å²) in [5.41, 5.74) is 0.316. The van der Waals surface area contributed by atoms with Crippen LogP contribution in [0.2, 0.25) is 0 Å². The lowest BCUT2D eigenvalue weighted by Crippen LogP contribution is -2.53. The molecule has 1 aromatic heterocycles. The van der Waals surface area contributed by atoms with E-state index >= 15 is 0 Å². The molecule has 0 amide bonds. The summed E-state index contributed by atoms with van der Waals surface area (Å²) < 4.78 is 7.25. The minimum atomic E-state index is 0.316. The zero-order valence-corrected chi connectivity index (χ0v) is 9.66. The first-order valence-corrected chi connectivity index (χ1v) is 5.38. The molecule has 1 atom stereocenters. The molecule has 0 saturated carbocycles. The normalized spacial score (nSPS) is 23.8. The van der Waals surface area contributed by atoms with Gasteiger partial charge < -0.3 is 14.6 Å². The lowest BCUT2D eigenvalue weighted by Gasteiger charge is -2.45. The molecule has 1 aromatic rings. The number of nitrogens with zero attached hydrogens (tertiary/aromatic N) is 2. The van der Waals surface area contributed by atoms with E-state index in [0.717, 1.165) is 25.5 Å². The van der Waals surface area contributed by atoms with Crippen LogP contribution in [0.3, 0.4) is 0 Å². The van der Waals surface area contributed by atoms with Gasteiger partial charge in [-0.05, 0) is 5.41 Å². The van der Waals surface area contributed by atoms with Crippen molar-refractivity contribution in [2.24, 2.45) is 5.41 Å². The minimum absolute atomic E-state index is 0.316. The van der Waals surface area contributed by atoms with Crippen molar-refractivity contribution in [2.45, 2.75) is 26.4 Å². The molecule has 0 spiro atoms. The van der Waals surface area contributed by atoms with Gasteiger partial charge in [-0.1, -0.05) is 13.8 Å². The van der Waals surface area contributed by atoms with Crippen molar-refractivity contribution in [1.82, 2.24) is 14.9 Å². The number of ether oxygens (including phenoxy) is 1. The lowest BCUT2D eigenvalue weighted by molar-refractivity contribution is 0.114. The minimum Gasteiger partial charge on any atom is -0.383 e. The Kier molecular flexibility index (Phi) is 2.80. The SMILES string of the molecule is COCCn1ccnc1[C@H]1NCC1(C)C. The van der Waals surface area contributed by atoms with Crippen LogP contribution in [0.1, 0.15) is 25.7 Å². The van der Waals surface area contributed by atoms with Gasteiger partial charge in [0.05, 0.1) is 12.6 Å². The Morgan fingerprint density at radius 2 is 2.47 bits per heavy atom. The molecule has 0 unspecified atom stereocenters. The fourth-order valence-corrected chi connectivity index (χ4v) is 2.01. The summed E-state index contributed by atoms with van der Waals surface area (Å²) in [6.07, 6.45) is 3.88. The number of hydrogen-bond acceptors (Lipinski definition) is 3. The molecular formula is C11H19N3O. The van der Waals surface area contributed by atoms with Crippen molar-refractivity contribution in [3.8, 4) is 0 Å². The van der Waals surface area contributed by atoms with Gasteiger partial charge in [0, 0.05) is 32.6 Å². The number of hydrogen-bond donors (Lipinski definition) is 1. The third-order valence-electron chi connectivity index (χ3n) is 3.09. The maximum atomic E-state index is 5.08. The quantitative estimate of drug-likeness (QED) is 0.810. The molecule has 84 valence electrons. The van der Waals surface area contributed by atoms with E-state index in [4.69, 9.17) is 4.74 Å². The molecule has 4 nitrogen and oxygen atoms in total. The van der Waals surface area contributed by atoms with E-state index in [1.54, 1.807) is 7.11 Å². The summed E-state index contributed by atoms with van der Waals surface area (Å²) in [7, 11) is 1.72. The van der Waals surface area contributed by atoms with Crippen LogP contribution in [-0.2, 0) is 11.3 Å². The van der Waals surface area contributed by atoms with E-state index in [1.165, 1.54) is 0 Å². The molecular weight excluding hydrogens is 190 g/mol. The van der Waals surface area contributed by atoms with Crippen LogP contribution in [0.4, 0.5) is 0 Å². The number of imidazole rings is 1. The third kappa shape index (κ3) is 1.92. The van der Waals surface area contributed by atoms with E-state index in [2.05, 4.69) is 28.7 Å². The van der Waals surface area contributed by atoms with Gasteiger partial charge in [-0.2, -0.15) is 0 Å². The van der Waals surface area contributed by atoms with E-state index in [-0.39, 0.29) is 0 Å². The average molecular weight is 209 g/mol. The van der Waals surface area contributed by atoms with Crippen LogP contribution >= 0.6 is 0 Å². The summed E-state index contributed by atoms with van der Waals surface area (Å²) in [6, 6.07) is 0.379. The van der Waals surface area contributed by atoms with Crippen molar-refractivity contribution >= 4 is 0 Å². The fraction of sp³-hybridized carbons (Fsp3) is 0.727. The van der Waals surface area contributed by atoms with Crippen LogP contribution in [0.5, 0.6) is 0 Å². The van der Waals surface area contributed by atoms with Crippen molar-refractivity contribution in [3.63, 3.8) is 0 Å². The molecule has 1 fully saturated rings. The van der Waals surface area contributed by atoms with Gasteiger partial charge in [0.25, 0.3) is 0 Å². The molecule has 1 aliphatic rings. The lowest BCUT2D eigenvalue weighted by atomic mass is 9.77. The fourth-order valence-electron chi connectivity index (χ4n) is 2.01. The summed E-state index contributed by atoms with van der Waals surface area (Å²) in [5, 5.41) is 3.43. The van der Waals surface area contributed by atoms with Gasteiger partial charge in [0.15, 0.2) is 0 Å². The first-order valence-electron chi connectivity index (χ1n) is 5.38. The second kappa shape index (κ2) is 3.94. The topological polar surface area (TPSA) is 39.1 Å². The Labute approximate surface area is 90.6 Å². The Hall–Kier alpha value is -0.870. The summed E-state index contributed by atoms with van der Waals surface area (Å²) >= 11 is 0. The standard InChI is InChI=1S/C11H19N3O/c1-11(2)8-13-9(11)10-12-4-5-14(10)6-7-15-3/h4-5,9,13H,6-8H2,1-3H3/t9-/m1/s1. The molecule has 15 heavy (non-hydrogen) atoms. The number of rotatable bonds is 4. The first kappa shape index (κ1) is 10.6. The van der Waals surface area contributed by atoms with Crippen molar-refractivity contribution in [2.75, 3.05) is 20.3 Å². The average Bonchev–Trinajstić information content (AvgIpc) is 2.61. The van der Waals surface area contributed by atoms with E-state index in [1.807, 2.05) is 12.4 Å². The van der Waals surface area contributed by atoms with Crippen LogP contribution in [0, 0.1) is 5.41 Å². The highest BCUT2D eigenvalue weighted by Crippen LogP contribution is 2.39. The molecule has 1 N–H and O–H groups in total. The highest BCUT2D eigenvalue weighted by Gasteiger charge is 2.41. The summed E-state index contributed by atoms with van der Waals surface area (Å²) in [5.74, 6) is 1.13. The van der Waals surface area contributed by atoms with Gasteiger partial charge in [0.1, 0.15) is 5.82 Å². The Bertz CT molecular complexity index is 332. The maximum Gasteiger partial charge on any atom is 0.126 e. The van der Waals surface area contributed by atoms with Gasteiger partial charge in [-0.3, -0.25) is 0 Å². The molecule has 0 radical (unpaired) electrons. The van der Waals surface area contributed by atoms with Crippen LogP contribution in [-0.4, -0.2) is 29.8 Å². The summed E-state index contributed by atoms with van der Waals surface area (Å²) in [6.45, 7) is 7.21. The molecule has 2 heterocycles. The maximum absolute atomic E-state index is 5.08. The third-order valence-corrected chi connectivity index (χ3v) is 3.09. The predicted molar refractivity (Wildman–Crippen MR) is 58.6 cm³/mol. The summed E-state index contributed by atoms with van der Waals surface area (Å²) in [4.78, 5) is 4.43. The van der Waals surface area contributed by atoms with Gasteiger partial charge >= 0.3 is 0 Å². The molecule has 0 aromatic carbocycles. The predicted octanol–water partition coefficient (Wildman–Crippen LogP) is 1.20. The molecule has 1 aliphatic heterocycles. The Balaban J connectivity index is 2.11. The van der Waals surface area contributed by atoms with E-state index < -0.39 is 0 Å². The van der Waals surface area contributed by atoms with Crippen molar-refractivity contribution < 1.29 is 4.74 Å². The van der Waals surface area contributed by atoms with Crippen molar-refractivity contribution in [1.29, 1.82) is 0 Å². The highest BCUT2D eigenvalue weighted by atomic mass is 16.5. The first-order chi connectivity index (χ1) is 7.15. The molecule has 0 aliphatic carbocycles. The van der Waals surface area contributed by atoms with Crippen LogP contribution in [0.15, 0.2) is 12.4 Å². The van der Waals surface area contributed by atoms with Crippen molar-refractivity contribution in [3.05, 3.63) is 18.2 Å². The second-order valence-corrected chi connectivity index (χ2v) is 4.77. The Morgan fingerprint density at radius 3 is 3.00 bits per heavy atom. The van der Waals surface area contributed by atoms with Gasteiger partial charge in [-0.15, -0.1) is 0 Å². The van der Waals surface area contributed by atoms with Gasteiger partial charge in [0.2, 0.25) is 0 Å². The zero-order valence-electron chi connectivity index (χ0n) is 9.66. The van der Waals surface area contributed by atoms with Gasteiger partial charge in [-0.25, -0.2) is 4.98 Å². The number of aromatic nitrogens is 2. The smallest absolute Gasteiger partial charge is 0.126 e. The Morgan fingerprint density at radius 1 is 1.67 bits per heavy atom. The molecule has 2 rings (SSSR count). The monoisotopic (exact) mass is 209 g/mol.